The summed E-state index contributed by atoms with van der Waals surface area (Å²) in [5, 5.41) is 11.6. The number of ether oxygens (including phenoxy) is 1. The molecule has 0 unspecified atom stereocenters. The minimum absolute atomic E-state index is 0.547. The van der Waals surface area contributed by atoms with E-state index in [-0.39, 0.29) is 0 Å². The molecule has 1 aromatic heterocycles. The van der Waals surface area contributed by atoms with Crippen LogP contribution >= 0.6 is 0 Å². The molecule has 6 nitrogen and oxygen atoms in total. The maximum absolute atomic E-state index is 5.40. The third-order valence-corrected chi connectivity index (χ3v) is 4.80. The van der Waals surface area contributed by atoms with E-state index in [1.807, 2.05) is 18.2 Å². The normalized spacial score (nSPS) is 13.1. The fourth-order valence-electron chi connectivity index (χ4n) is 3.49. The molecule has 1 aliphatic heterocycles. The van der Waals surface area contributed by atoms with Gasteiger partial charge in [-0.1, -0.05) is 36.4 Å². The lowest BCUT2D eigenvalue weighted by atomic mass is 10.0. The minimum Gasteiger partial charge on any atom is -0.496 e. The minimum atomic E-state index is 0.547. The largest absolute Gasteiger partial charge is 0.496 e. The molecule has 2 aromatic carbocycles. The molecule has 2 heterocycles. The van der Waals surface area contributed by atoms with Crippen LogP contribution in [0.4, 0.5) is 17.5 Å². The summed E-state index contributed by atoms with van der Waals surface area (Å²) in [5.41, 5.74) is 3.72. The summed E-state index contributed by atoms with van der Waals surface area (Å²) in [6.07, 6.45) is 4.77. The third kappa shape index (κ3) is 3.84. The summed E-state index contributed by atoms with van der Waals surface area (Å²) in [6.45, 7) is 1.65. The molecule has 0 saturated carbocycles. The fraction of sp³-hybridized carbons (Fsp3) is 0.286. The Morgan fingerprint density at radius 1 is 1.11 bits per heavy atom. The first-order chi connectivity index (χ1) is 13.3. The Bertz CT molecular complexity index is 914. The molecule has 6 heteroatoms. The standard InChI is InChI=1S/C21H23N5O/c1-27-19-11-5-3-8-17(19)12-13-22-21-24-20(15-23-25-21)26-14-6-9-16-7-2-4-10-18(16)26/h2-5,7-8,10-11,15H,6,9,12-14H2,1H3,(H,22,24,25). The topological polar surface area (TPSA) is 63.2 Å². The quantitative estimate of drug-likeness (QED) is 0.723. The van der Waals surface area contributed by atoms with Gasteiger partial charge in [0.2, 0.25) is 5.95 Å². The molecule has 4 rings (SSSR count). The van der Waals surface area contributed by atoms with Gasteiger partial charge in [-0.15, -0.1) is 5.10 Å². The molecule has 0 saturated heterocycles. The lowest BCUT2D eigenvalue weighted by molar-refractivity contribution is 0.410. The van der Waals surface area contributed by atoms with Gasteiger partial charge in [0.1, 0.15) is 5.75 Å². The highest BCUT2D eigenvalue weighted by Gasteiger charge is 2.19. The van der Waals surface area contributed by atoms with Gasteiger partial charge >= 0.3 is 0 Å². The van der Waals surface area contributed by atoms with Crippen LogP contribution in [0.15, 0.2) is 54.7 Å². The van der Waals surface area contributed by atoms with Crippen LogP contribution in [0.5, 0.6) is 5.75 Å². The molecule has 0 fully saturated rings. The zero-order chi connectivity index (χ0) is 18.5. The molecule has 1 aliphatic rings. The van der Waals surface area contributed by atoms with Crippen molar-refractivity contribution in [2.45, 2.75) is 19.3 Å². The van der Waals surface area contributed by atoms with Gasteiger partial charge in [-0.3, -0.25) is 0 Å². The Morgan fingerprint density at radius 2 is 1.96 bits per heavy atom. The highest BCUT2D eigenvalue weighted by molar-refractivity contribution is 5.65. The van der Waals surface area contributed by atoms with Crippen LogP contribution in [0.3, 0.4) is 0 Å². The van der Waals surface area contributed by atoms with Gasteiger partial charge in [0.05, 0.1) is 13.3 Å². The average molecular weight is 361 g/mol. The van der Waals surface area contributed by atoms with Gasteiger partial charge in [-0.25, -0.2) is 0 Å². The van der Waals surface area contributed by atoms with Crippen LogP contribution in [0, 0.1) is 0 Å². The van der Waals surface area contributed by atoms with Gasteiger partial charge in [-0.2, -0.15) is 10.1 Å². The number of benzene rings is 2. The molecular weight excluding hydrogens is 338 g/mol. The molecule has 138 valence electrons. The van der Waals surface area contributed by atoms with E-state index in [0.29, 0.717) is 12.5 Å². The van der Waals surface area contributed by atoms with Crippen molar-refractivity contribution < 1.29 is 4.74 Å². The monoisotopic (exact) mass is 361 g/mol. The Morgan fingerprint density at radius 3 is 2.89 bits per heavy atom. The van der Waals surface area contributed by atoms with Crippen molar-refractivity contribution >= 4 is 17.5 Å². The highest BCUT2D eigenvalue weighted by Crippen LogP contribution is 2.31. The summed E-state index contributed by atoms with van der Waals surface area (Å²) >= 11 is 0. The molecule has 27 heavy (non-hydrogen) atoms. The van der Waals surface area contributed by atoms with Gasteiger partial charge in [-0.05, 0) is 42.5 Å². The first-order valence-electron chi connectivity index (χ1n) is 9.26. The average Bonchev–Trinajstić information content (AvgIpc) is 2.74. The van der Waals surface area contributed by atoms with Gasteiger partial charge in [0.25, 0.3) is 0 Å². The van der Waals surface area contributed by atoms with Crippen molar-refractivity contribution in [3.05, 3.63) is 65.9 Å². The first-order valence-corrected chi connectivity index (χ1v) is 9.26. The maximum Gasteiger partial charge on any atom is 0.244 e. The van der Waals surface area contributed by atoms with Crippen molar-refractivity contribution in [3.8, 4) is 5.75 Å². The molecule has 1 N–H and O–H groups in total. The Hall–Kier alpha value is -3.15. The van der Waals surface area contributed by atoms with E-state index in [1.165, 1.54) is 11.3 Å². The predicted molar refractivity (Wildman–Crippen MR) is 107 cm³/mol. The van der Waals surface area contributed by atoms with Gasteiger partial charge in [0, 0.05) is 18.8 Å². The summed E-state index contributed by atoms with van der Waals surface area (Å²) in [5.74, 6) is 2.28. The van der Waals surface area contributed by atoms with Crippen LogP contribution in [0.25, 0.3) is 0 Å². The molecule has 0 atom stereocenters. The summed E-state index contributed by atoms with van der Waals surface area (Å²) in [7, 11) is 1.69. The Labute approximate surface area is 159 Å². The molecule has 0 spiro atoms. The van der Waals surface area contributed by atoms with E-state index in [2.05, 4.69) is 55.7 Å². The van der Waals surface area contributed by atoms with E-state index in [0.717, 1.165) is 42.9 Å². The maximum atomic E-state index is 5.40. The molecule has 0 aliphatic carbocycles. The van der Waals surface area contributed by atoms with Crippen LogP contribution in [0.1, 0.15) is 17.5 Å². The lowest BCUT2D eigenvalue weighted by Gasteiger charge is -2.30. The van der Waals surface area contributed by atoms with Crippen LogP contribution in [-0.4, -0.2) is 35.4 Å². The van der Waals surface area contributed by atoms with Crippen LogP contribution in [-0.2, 0) is 12.8 Å². The van der Waals surface area contributed by atoms with E-state index < -0.39 is 0 Å². The number of rotatable bonds is 6. The fourth-order valence-corrected chi connectivity index (χ4v) is 3.49. The number of fused-ring (bicyclic) bond motifs is 1. The van der Waals surface area contributed by atoms with Crippen molar-refractivity contribution in [2.75, 3.05) is 30.4 Å². The molecule has 0 radical (unpaired) electrons. The smallest absolute Gasteiger partial charge is 0.244 e. The van der Waals surface area contributed by atoms with Crippen LogP contribution < -0.4 is 15.0 Å². The first kappa shape index (κ1) is 17.3. The number of aromatic nitrogens is 3. The molecular formula is C21H23N5O. The number of aryl methyl sites for hydroxylation is 1. The molecule has 0 bridgehead atoms. The van der Waals surface area contributed by atoms with Gasteiger partial charge < -0.3 is 15.0 Å². The summed E-state index contributed by atoms with van der Waals surface area (Å²) in [6, 6.07) is 16.5. The number of methoxy groups -OCH3 is 1. The number of nitrogens with zero attached hydrogens (tertiary/aromatic N) is 4. The van der Waals surface area contributed by atoms with Crippen molar-refractivity contribution in [3.63, 3.8) is 0 Å². The number of hydrogen-bond donors (Lipinski definition) is 1. The van der Waals surface area contributed by atoms with E-state index in [9.17, 15) is 0 Å². The Kier molecular flexibility index (Phi) is 5.14. The summed E-state index contributed by atoms with van der Waals surface area (Å²) in [4.78, 5) is 6.90. The van der Waals surface area contributed by atoms with E-state index in [4.69, 9.17) is 4.74 Å². The van der Waals surface area contributed by atoms with Crippen molar-refractivity contribution in [1.82, 2.24) is 15.2 Å². The third-order valence-electron chi connectivity index (χ3n) is 4.80. The second kappa shape index (κ2) is 8.03. The van der Waals surface area contributed by atoms with E-state index in [1.54, 1.807) is 13.3 Å². The van der Waals surface area contributed by atoms with E-state index >= 15 is 0 Å². The Balaban J connectivity index is 1.46. The number of hydrogen-bond acceptors (Lipinski definition) is 6. The zero-order valence-electron chi connectivity index (χ0n) is 15.4. The highest BCUT2D eigenvalue weighted by atomic mass is 16.5. The van der Waals surface area contributed by atoms with Crippen molar-refractivity contribution in [1.29, 1.82) is 0 Å². The SMILES string of the molecule is COc1ccccc1CCNc1nncc(N2CCCc3ccccc32)n1. The summed E-state index contributed by atoms with van der Waals surface area (Å²) < 4.78 is 5.40. The molecule has 0 amide bonds. The lowest BCUT2D eigenvalue weighted by Crippen LogP contribution is -2.26. The van der Waals surface area contributed by atoms with Crippen molar-refractivity contribution in [2.24, 2.45) is 0 Å². The number of nitrogens with one attached hydrogen (secondary N) is 1. The predicted octanol–water partition coefficient (Wildman–Crippen LogP) is 3.62. The second-order valence-electron chi connectivity index (χ2n) is 6.51. The molecule has 3 aromatic rings. The number of anilines is 3. The van der Waals surface area contributed by atoms with Crippen LogP contribution in [0.2, 0.25) is 0 Å². The van der Waals surface area contributed by atoms with Gasteiger partial charge in [0.15, 0.2) is 5.82 Å². The zero-order valence-corrected chi connectivity index (χ0v) is 15.4. The second-order valence-corrected chi connectivity index (χ2v) is 6.51. The number of para-hydroxylation sites is 2.